The molecule has 0 unspecified atom stereocenters. The Morgan fingerprint density at radius 3 is 1.25 bits per heavy atom. The lowest BCUT2D eigenvalue weighted by atomic mass is 9.92. The third-order valence-corrected chi connectivity index (χ3v) is 4.15. The molecule has 0 heteroatoms. The van der Waals surface area contributed by atoms with Crippen molar-refractivity contribution in [2.75, 3.05) is 0 Å². The van der Waals surface area contributed by atoms with Crippen molar-refractivity contribution in [2.45, 2.75) is 34.6 Å². The van der Waals surface area contributed by atoms with Gasteiger partial charge in [-0.25, -0.2) is 0 Å². The molecule has 1 aliphatic carbocycles. The molecule has 0 saturated carbocycles. The van der Waals surface area contributed by atoms with Crippen LogP contribution in [0, 0.1) is 5.92 Å². The van der Waals surface area contributed by atoms with Gasteiger partial charge in [-0.15, -0.1) is 0 Å². The number of fused-ring (bicyclic) bond motifs is 6. The van der Waals surface area contributed by atoms with Crippen LogP contribution in [0.3, 0.4) is 0 Å². The molecular formula is C24H28. The Bertz CT molecular complexity index is 793. The van der Waals surface area contributed by atoms with Crippen molar-refractivity contribution in [2.24, 2.45) is 5.92 Å². The average molecular weight is 316 g/mol. The summed E-state index contributed by atoms with van der Waals surface area (Å²) in [5.74, 6) is 0.486. The van der Waals surface area contributed by atoms with Gasteiger partial charge in [0.15, 0.2) is 0 Å². The maximum atomic E-state index is 2.29. The van der Waals surface area contributed by atoms with E-state index in [0.717, 1.165) is 0 Å². The van der Waals surface area contributed by atoms with Crippen molar-refractivity contribution in [3.63, 3.8) is 0 Å². The van der Waals surface area contributed by atoms with Crippen molar-refractivity contribution in [3.8, 4) is 0 Å². The predicted octanol–water partition coefficient (Wildman–Crippen LogP) is 7.72. The van der Waals surface area contributed by atoms with E-state index in [-0.39, 0.29) is 0 Å². The molecule has 0 spiro atoms. The highest BCUT2D eigenvalue weighted by Crippen LogP contribution is 2.35. The second-order valence-corrected chi connectivity index (χ2v) is 5.50. The van der Waals surface area contributed by atoms with Gasteiger partial charge >= 0.3 is 0 Å². The molecule has 0 heterocycles. The first kappa shape index (κ1) is 18.0. The highest BCUT2D eigenvalue weighted by atomic mass is 14.2. The minimum Gasteiger partial charge on any atom is -0.0773 e. The molecule has 0 radical (unpaired) electrons. The molecule has 0 amide bonds. The molecule has 4 rings (SSSR count). The Morgan fingerprint density at radius 1 is 0.542 bits per heavy atom. The van der Waals surface area contributed by atoms with Crippen LogP contribution in [0.2, 0.25) is 0 Å². The summed E-state index contributed by atoms with van der Waals surface area (Å²) in [6.07, 6.45) is 9.14. The number of allylic oxidation sites excluding steroid dienone is 2. The fourth-order valence-corrected chi connectivity index (χ4v) is 3.12. The molecule has 0 bridgehead atoms. The van der Waals surface area contributed by atoms with Crippen LogP contribution in [0.5, 0.6) is 0 Å². The summed E-state index contributed by atoms with van der Waals surface area (Å²) >= 11 is 0. The van der Waals surface area contributed by atoms with Crippen molar-refractivity contribution in [3.05, 3.63) is 71.8 Å². The molecule has 0 N–H and O–H groups in total. The number of hydrogen-bond donors (Lipinski definition) is 0. The van der Waals surface area contributed by atoms with Gasteiger partial charge < -0.3 is 0 Å². The quantitative estimate of drug-likeness (QED) is 0.372. The fourth-order valence-electron chi connectivity index (χ4n) is 3.12. The van der Waals surface area contributed by atoms with Gasteiger partial charge in [0.05, 0.1) is 0 Å². The topological polar surface area (TPSA) is 0 Å². The summed E-state index contributed by atoms with van der Waals surface area (Å²) in [5, 5.41) is 5.37. The molecular weight excluding hydrogens is 288 g/mol. The Balaban J connectivity index is 0.000000487. The summed E-state index contributed by atoms with van der Waals surface area (Å²) in [4.78, 5) is 0. The molecule has 24 heavy (non-hydrogen) atoms. The third-order valence-electron chi connectivity index (χ3n) is 4.15. The zero-order valence-corrected chi connectivity index (χ0v) is 15.5. The van der Waals surface area contributed by atoms with E-state index in [1.807, 2.05) is 27.7 Å². The Labute approximate surface area is 146 Å². The summed E-state index contributed by atoms with van der Waals surface area (Å²) in [6, 6.07) is 17.4. The van der Waals surface area contributed by atoms with E-state index >= 15 is 0 Å². The van der Waals surface area contributed by atoms with Crippen LogP contribution in [0.4, 0.5) is 0 Å². The molecule has 3 aromatic rings. The molecule has 0 aliphatic heterocycles. The third kappa shape index (κ3) is 3.28. The monoisotopic (exact) mass is 316 g/mol. The maximum absolute atomic E-state index is 2.29. The van der Waals surface area contributed by atoms with Gasteiger partial charge in [-0.05, 0) is 38.6 Å². The Kier molecular flexibility index (Phi) is 6.37. The normalized spacial score (nSPS) is 12.7. The highest BCUT2D eigenvalue weighted by Gasteiger charge is 2.12. The SMILES string of the molecule is CC.CC.CC1C=Cc2c(c3ccccc3c3ccccc23)C=C1. The zero-order valence-electron chi connectivity index (χ0n) is 15.5. The molecule has 1 aliphatic rings. The van der Waals surface area contributed by atoms with Crippen LogP contribution in [0.1, 0.15) is 45.7 Å². The maximum Gasteiger partial charge on any atom is -0.00752 e. The van der Waals surface area contributed by atoms with Gasteiger partial charge in [-0.3, -0.25) is 0 Å². The van der Waals surface area contributed by atoms with Crippen LogP contribution in [-0.4, -0.2) is 0 Å². The van der Waals surface area contributed by atoms with Gasteiger partial charge in [-0.1, -0.05) is 107 Å². The minimum atomic E-state index is 0.486. The summed E-state index contributed by atoms with van der Waals surface area (Å²) in [5.41, 5.74) is 2.69. The van der Waals surface area contributed by atoms with Gasteiger partial charge in [0.1, 0.15) is 0 Å². The lowest BCUT2D eigenvalue weighted by Gasteiger charge is -2.12. The van der Waals surface area contributed by atoms with E-state index in [1.165, 1.54) is 32.7 Å². The first-order valence-electron chi connectivity index (χ1n) is 9.14. The lowest BCUT2D eigenvalue weighted by Crippen LogP contribution is -1.88. The fraction of sp³-hybridized carbons (Fsp3) is 0.250. The van der Waals surface area contributed by atoms with E-state index in [9.17, 15) is 0 Å². The summed E-state index contributed by atoms with van der Waals surface area (Å²) in [6.45, 7) is 10.2. The summed E-state index contributed by atoms with van der Waals surface area (Å²) in [7, 11) is 0. The van der Waals surface area contributed by atoms with Crippen molar-refractivity contribution >= 4 is 33.7 Å². The van der Waals surface area contributed by atoms with Crippen LogP contribution in [-0.2, 0) is 0 Å². The van der Waals surface area contributed by atoms with E-state index in [4.69, 9.17) is 0 Å². The second kappa shape index (κ2) is 8.49. The predicted molar refractivity (Wildman–Crippen MR) is 111 cm³/mol. The first-order valence-corrected chi connectivity index (χ1v) is 9.14. The number of benzene rings is 3. The zero-order chi connectivity index (χ0) is 17.5. The smallest absolute Gasteiger partial charge is 0.00752 e. The van der Waals surface area contributed by atoms with Crippen molar-refractivity contribution in [1.29, 1.82) is 0 Å². The summed E-state index contributed by atoms with van der Waals surface area (Å²) < 4.78 is 0. The first-order chi connectivity index (χ1) is 11.8. The van der Waals surface area contributed by atoms with E-state index in [1.54, 1.807) is 0 Å². The van der Waals surface area contributed by atoms with Crippen LogP contribution < -0.4 is 0 Å². The van der Waals surface area contributed by atoms with Crippen molar-refractivity contribution < 1.29 is 0 Å². The second-order valence-electron chi connectivity index (χ2n) is 5.50. The highest BCUT2D eigenvalue weighted by molar-refractivity contribution is 6.14. The number of hydrogen-bond acceptors (Lipinski definition) is 0. The van der Waals surface area contributed by atoms with Gasteiger partial charge in [0.2, 0.25) is 0 Å². The van der Waals surface area contributed by atoms with E-state index in [0.29, 0.717) is 5.92 Å². The Hall–Kier alpha value is -2.34. The standard InChI is InChI=1S/C20H16.2C2H6/c1-14-10-12-19-17-8-4-2-6-15(17)16-7-3-5-9-18(16)20(19)13-11-14;2*1-2/h2-14H,1H3;2*1-2H3. The molecule has 0 fully saturated rings. The van der Waals surface area contributed by atoms with Crippen LogP contribution in [0.15, 0.2) is 60.7 Å². The van der Waals surface area contributed by atoms with Crippen molar-refractivity contribution in [1.82, 2.24) is 0 Å². The van der Waals surface area contributed by atoms with Gasteiger partial charge in [0, 0.05) is 0 Å². The molecule has 0 nitrogen and oxygen atoms in total. The van der Waals surface area contributed by atoms with E-state index in [2.05, 4.69) is 79.8 Å². The molecule has 0 saturated heterocycles. The Morgan fingerprint density at radius 2 is 0.875 bits per heavy atom. The van der Waals surface area contributed by atoms with Crippen LogP contribution in [0.25, 0.3) is 33.7 Å². The average Bonchev–Trinajstić information content (AvgIpc) is 2.87. The minimum absolute atomic E-state index is 0.486. The molecule has 124 valence electrons. The molecule has 0 atom stereocenters. The molecule has 0 aromatic heterocycles. The van der Waals surface area contributed by atoms with E-state index < -0.39 is 0 Å². The largest absolute Gasteiger partial charge is 0.0773 e. The van der Waals surface area contributed by atoms with Gasteiger partial charge in [-0.2, -0.15) is 0 Å². The van der Waals surface area contributed by atoms with Gasteiger partial charge in [0.25, 0.3) is 0 Å². The number of rotatable bonds is 0. The molecule has 3 aromatic carbocycles. The lowest BCUT2D eigenvalue weighted by molar-refractivity contribution is 0.954. The van der Waals surface area contributed by atoms with Crippen LogP contribution >= 0.6 is 0 Å².